The first-order chi connectivity index (χ1) is 16.3. The Labute approximate surface area is 203 Å². The summed E-state index contributed by atoms with van der Waals surface area (Å²) in [6.45, 7) is 9.83. The number of aromatic amines is 1. The number of nitrogens with one attached hydrogen (secondary N) is 2. The highest BCUT2D eigenvalue weighted by Crippen LogP contribution is 2.26. The molecule has 4 rings (SSSR count). The van der Waals surface area contributed by atoms with E-state index >= 15 is 0 Å². The lowest BCUT2D eigenvalue weighted by molar-refractivity contribution is 0.820. The van der Waals surface area contributed by atoms with Crippen molar-refractivity contribution in [1.82, 2.24) is 19.7 Å². The van der Waals surface area contributed by atoms with Gasteiger partial charge in [-0.1, -0.05) is 35.9 Å². The zero-order valence-electron chi connectivity index (χ0n) is 19.6. The highest BCUT2D eigenvalue weighted by atomic mass is 35.5. The largest absolute Gasteiger partial charge is 0.323 e. The van der Waals surface area contributed by atoms with Crippen molar-refractivity contribution in [2.75, 3.05) is 5.32 Å². The standard InChI is InChI=1S/C27H26ClN5O/c1-6-18-14-23(26(34)33(5)24(18)13-16(2)3)22-15-21(12-7-17(22)4)29-27-30-25(31-32-27)19-8-10-20(28)11-9-19/h6-15H,2H2,1,3-5H3,(H2,29,30,31,32)/b18-6-,24-13+. The predicted molar refractivity (Wildman–Crippen MR) is 141 cm³/mol. The average Bonchev–Trinajstić information content (AvgIpc) is 3.27. The van der Waals surface area contributed by atoms with Crippen molar-refractivity contribution in [2.24, 2.45) is 7.05 Å². The van der Waals surface area contributed by atoms with E-state index in [0.717, 1.165) is 38.5 Å². The van der Waals surface area contributed by atoms with Gasteiger partial charge in [-0.15, -0.1) is 5.10 Å². The number of anilines is 2. The molecular weight excluding hydrogens is 446 g/mol. The fourth-order valence-corrected chi connectivity index (χ4v) is 3.91. The van der Waals surface area contributed by atoms with Crippen LogP contribution in [0.4, 0.5) is 11.6 Å². The number of aromatic nitrogens is 4. The van der Waals surface area contributed by atoms with E-state index in [-0.39, 0.29) is 5.56 Å². The SMILES string of the molecule is C=C(C)/C=c1\c(=C/C)cc(-c2cc(Nc3n[nH]c(-c4ccc(Cl)cc4)n3)ccc2C)c(=O)n1C. The van der Waals surface area contributed by atoms with Crippen LogP contribution in [0.15, 0.2) is 65.5 Å². The lowest BCUT2D eigenvalue weighted by Crippen LogP contribution is -2.42. The molecule has 0 aliphatic carbocycles. The summed E-state index contributed by atoms with van der Waals surface area (Å²) >= 11 is 5.97. The lowest BCUT2D eigenvalue weighted by Gasteiger charge is -2.11. The van der Waals surface area contributed by atoms with Crippen molar-refractivity contribution < 1.29 is 0 Å². The van der Waals surface area contributed by atoms with Gasteiger partial charge in [-0.2, -0.15) is 4.98 Å². The molecule has 0 saturated heterocycles. The van der Waals surface area contributed by atoms with Gasteiger partial charge in [0.15, 0.2) is 5.82 Å². The van der Waals surface area contributed by atoms with Crippen LogP contribution in [0.25, 0.3) is 34.7 Å². The number of pyridine rings is 1. The number of benzene rings is 2. The second-order valence-electron chi connectivity index (χ2n) is 8.21. The van der Waals surface area contributed by atoms with E-state index in [1.807, 2.05) is 69.3 Å². The number of rotatable bonds is 5. The maximum atomic E-state index is 13.3. The summed E-state index contributed by atoms with van der Waals surface area (Å²) in [7, 11) is 1.79. The third-order valence-electron chi connectivity index (χ3n) is 5.57. The molecule has 0 unspecified atom stereocenters. The van der Waals surface area contributed by atoms with Crippen molar-refractivity contribution in [2.45, 2.75) is 20.8 Å². The molecule has 0 aliphatic heterocycles. The number of aryl methyl sites for hydroxylation is 1. The van der Waals surface area contributed by atoms with Gasteiger partial charge in [0.25, 0.3) is 5.56 Å². The van der Waals surface area contributed by atoms with Crippen LogP contribution in [0.5, 0.6) is 0 Å². The van der Waals surface area contributed by atoms with Gasteiger partial charge in [0.1, 0.15) is 0 Å². The number of hydrogen-bond donors (Lipinski definition) is 2. The van der Waals surface area contributed by atoms with Crippen molar-refractivity contribution in [3.8, 4) is 22.5 Å². The van der Waals surface area contributed by atoms with E-state index in [0.29, 0.717) is 22.4 Å². The Morgan fingerprint density at radius 3 is 2.56 bits per heavy atom. The zero-order chi connectivity index (χ0) is 24.4. The summed E-state index contributed by atoms with van der Waals surface area (Å²) in [6, 6.07) is 15.2. The zero-order valence-corrected chi connectivity index (χ0v) is 20.4. The Hall–Kier alpha value is -3.90. The number of halogens is 1. The van der Waals surface area contributed by atoms with E-state index in [4.69, 9.17) is 11.6 Å². The summed E-state index contributed by atoms with van der Waals surface area (Å²) in [5.41, 5.74) is 4.96. The minimum atomic E-state index is -0.0683. The van der Waals surface area contributed by atoms with Crippen molar-refractivity contribution in [3.05, 3.63) is 92.2 Å². The van der Waals surface area contributed by atoms with Crippen LogP contribution >= 0.6 is 11.6 Å². The van der Waals surface area contributed by atoms with E-state index in [9.17, 15) is 4.79 Å². The summed E-state index contributed by atoms with van der Waals surface area (Å²) in [5, 5.41) is 12.9. The highest BCUT2D eigenvalue weighted by molar-refractivity contribution is 6.30. The molecule has 0 spiro atoms. The Morgan fingerprint density at radius 2 is 1.88 bits per heavy atom. The third kappa shape index (κ3) is 4.72. The molecule has 34 heavy (non-hydrogen) atoms. The minimum absolute atomic E-state index is 0.0683. The van der Waals surface area contributed by atoms with Gasteiger partial charge >= 0.3 is 0 Å². The minimum Gasteiger partial charge on any atom is -0.323 e. The number of allylic oxidation sites excluding steroid dienone is 1. The Morgan fingerprint density at radius 1 is 1.15 bits per heavy atom. The summed E-state index contributed by atoms with van der Waals surface area (Å²) in [5.74, 6) is 1.06. The molecule has 2 aromatic carbocycles. The van der Waals surface area contributed by atoms with Gasteiger partial charge in [0.2, 0.25) is 5.95 Å². The van der Waals surface area contributed by atoms with Crippen LogP contribution in [0.2, 0.25) is 5.02 Å². The first-order valence-corrected chi connectivity index (χ1v) is 11.2. The molecule has 0 saturated carbocycles. The Bertz CT molecular complexity index is 1560. The van der Waals surface area contributed by atoms with Gasteiger partial charge in [0, 0.05) is 28.9 Å². The average molecular weight is 472 g/mol. The molecule has 2 N–H and O–H groups in total. The van der Waals surface area contributed by atoms with Gasteiger partial charge in [-0.3, -0.25) is 9.89 Å². The maximum Gasteiger partial charge on any atom is 0.258 e. The molecule has 7 heteroatoms. The van der Waals surface area contributed by atoms with Crippen molar-refractivity contribution in [3.63, 3.8) is 0 Å². The first kappa shape index (κ1) is 23.3. The number of hydrogen-bond acceptors (Lipinski definition) is 4. The van der Waals surface area contributed by atoms with Gasteiger partial charge in [-0.05, 0) is 85.7 Å². The second kappa shape index (κ2) is 9.53. The van der Waals surface area contributed by atoms with E-state index in [1.54, 1.807) is 23.7 Å². The summed E-state index contributed by atoms with van der Waals surface area (Å²) in [4.78, 5) is 17.8. The quantitative estimate of drug-likeness (QED) is 0.442. The van der Waals surface area contributed by atoms with Crippen LogP contribution in [-0.4, -0.2) is 19.7 Å². The first-order valence-electron chi connectivity index (χ1n) is 10.9. The monoisotopic (exact) mass is 471 g/mol. The van der Waals surface area contributed by atoms with E-state index in [2.05, 4.69) is 27.1 Å². The van der Waals surface area contributed by atoms with Gasteiger partial charge in [0.05, 0.1) is 5.35 Å². The molecule has 0 bridgehead atoms. The van der Waals surface area contributed by atoms with Gasteiger partial charge in [-0.25, -0.2) is 0 Å². The molecule has 0 fully saturated rings. The molecule has 4 aromatic rings. The molecule has 0 amide bonds. The third-order valence-corrected chi connectivity index (χ3v) is 5.83. The van der Waals surface area contributed by atoms with Crippen LogP contribution in [0.1, 0.15) is 19.4 Å². The van der Waals surface area contributed by atoms with E-state index < -0.39 is 0 Å². The maximum absolute atomic E-state index is 13.3. The van der Waals surface area contributed by atoms with Gasteiger partial charge < -0.3 is 9.88 Å². The molecule has 6 nitrogen and oxygen atoms in total. The van der Waals surface area contributed by atoms with Crippen molar-refractivity contribution >= 4 is 35.4 Å². The molecular formula is C27H26ClN5O. The molecule has 0 aliphatic rings. The van der Waals surface area contributed by atoms with Crippen molar-refractivity contribution in [1.29, 1.82) is 0 Å². The normalized spacial score (nSPS) is 12.3. The lowest BCUT2D eigenvalue weighted by atomic mass is 10.00. The highest BCUT2D eigenvalue weighted by Gasteiger charge is 2.12. The molecule has 172 valence electrons. The van der Waals surface area contributed by atoms with Crippen LogP contribution < -0.4 is 21.4 Å². The number of H-pyrrole nitrogens is 1. The Balaban J connectivity index is 1.73. The van der Waals surface area contributed by atoms with Crippen LogP contribution in [0.3, 0.4) is 0 Å². The molecule has 2 aromatic heterocycles. The topological polar surface area (TPSA) is 75.6 Å². The second-order valence-corrected chi connectivity index (χ2v) is 8.65. The van der Waals surface area contributed by atoms with E-state index in [1.165, 1.54) is 0 Å². The fourth-order valence-electron chi connectivity index (χ4n) is 3.79. The van der Waals surface area contributed by atoms with Crippen LogP contribution in [0, 0.1) is 6.92 Å². The van der Waals surface area contributed by atoms with Crippen LogP contribution in [-0.2, 0) is 7.05 Å². The summed E-state index contributed by atoms with van der Waals surface area (Å²) < 4.78 is 1.67. The fraction of sp³-hybridized carbons (Fsp3) is 0.148. The summed E-state index contributed by atoms with van der Waals surface area (Å²) in [6.07, 6.45) is 3.92. The molecule has 0 radical (unpaired) electrons. The molecule has 0 atom stereocenters. The predicted octanol–water partition coefficient (Wildman–Crippen LogP) is 4.70. The Kier molecular flexibility index (Phi) is 6.52. The smallest absolute Gasteiger partial charge is 0.258 e. The number of nitrogens with zero attached hydrogens (tertiary/aromatic N) is 3. The molecule has 2 heterocycles.